The zero-order valence-electron chi connectivity index (χ0n) is 16.4. The van der Waals surface area contributed by atoms with E-state index in [1.807, 2.05) is 13.0 Å². The predicted octanol–water partition coefficient (Wildman–Crippen LogP) is 4.05. The van der Waals surface area contributed by atoms with Gasteiger partial charge in [0.15, 0.2) is 11.9 Å². The van der Waals surface area contributed by atoms with Gasteiger partial charge in [-0.1, -0.05) is 0 Å². The molecule has 6 heteroatoms. The Bertz CT molecular complexity index is 1000. The number of benzene rings is 2. The molecule has 2 aromatic carbocycles. The SMILES string of the molecule is CCOC(=O)C(C)Oc1ccc2c(C(=O)c3ccc(OC)cc3)c(C)[nH]c2c1. The summed E-state index contributed by atoms with van der Waals surface area (Å²) in [5.74, 6) is 0.739. The zero-order chi connectivity index (χ0) is 20.3. The number of ether oxygens (including phenoxy) is 3. The van der Waals surface area contributed by atoms with E-state index in [0.717, 1.165) is 16.6 Å². The fourth-order valence-corrected chi connectivity index (χ4v) is 3.08. The molecule has 1 N–H and O–H groups in total. The van der Waals surface area contributed by atoms with Crippen LogP contribution in [0.4, 0.5) is 0 Å². The molecule has 1 heterocycles. The number of aromatic nitrogens is 1. The van der Waals surface area contributed by atoms with E-state index >= 15 is 0 Å². The van der Waals surface area contributed by atoms with E-state index in [9.17, 15) is 9.59 Å². The van der Waals surface area contributed by atoms with Crippen LogP contribution in [0.1, 0.15) is 35.5 Å². The molecule has 0 aliphatic heterocycles. The minimum Gasteiger partial charge on any atom is -0.497 e. The topological polar surface area (TPSA) is 77.6 Å². The Morgan fingerprint density at radius 2 is 1.75 bits per heavy atom. The number of hydrogen-bond acceptors (Lipinski definition) is 5. The van der Waals surface area contributed by atoms with E-state index in [2.05, 4.69) is 4.98 Å². The lowest BCUT2D eigenvalue weighted by Gasteiger charge is -2.13. The smallest absolute Gasteiger partial charge is 0.347 e. The number of aromatic amines is 1. The van der Waals surface area contributed by atoms with Crippen molar-refractivity contribution in [3.8, 4) is 11.5 Å². The van der Waals surface area contributed by atoms with Crippen molar-refractivity contribution in [2.45, 2.75) is 26.9 Å². The summed E-state index contributed by atoms with van der Waals surface area (Å²) >= 11 is 0. The molecule has 1 aromatic heterocycles. The van der Waals surface area contributed by atoms with E-state index in [-0.39, 0.29) is 5.78 Å². The normalized spacial score (nSPS) is 11.9. The largest absolute Gasteiger partial charge is 0.497 e. The molecule has 28 heavy (non-hydrogen) atoms. The van der Waals surface area contributed by atoms with E-state index < -0.39 is 12.1 Å². The van der Waals surface area contributed by atoms with Crippen LogP contribution in [-0.2, 0) is 9.53 Å². The number of rotatable bonds is 7. The molecule has 0 aliphatic rings. The first-order valence-electron chi connectivity index (χ1n) is 9.09. The molecule has 0 aliphatic carbocycles. The Kier molecular flexibility index (Phi) is 5.68. The van der Waals surface area contributed by atoms with Crippen LogP contribution in [0.3, 0.4) is 0 Å². The van der Waals surface area contributed by atoms with Gasteiger partial charge in [-0.2, -0.15) is 0 Å². The maximum atomic E-state index is 13.0. The van der Waals surface area contributed by atoms with Crippen LogP contribution < -0.4 is 9.47 Å². The fourth-order valence-electron chi connectivity index (χ4n) is 3.08. The van der Waals surface area contributed by atoms with Gasteiger partial charge < -0.3 is 19.2 Å². The van der Waals surface area contributed by atoms with E-state index in [1.54, 1.807) is 57.4 Å². The summed E-state index contributed by atoms with van der Waals surface area (Å²) in [5, 5.41) is 0.800. The molecule has 0 amide bonds. The van der Waals surface area contributed by atoms with Crippen molar-refractivity contribution in [2.75, 3.05) is 13.7 Å². The molecule has 3 aromatic rings. The number of esters is 1. The van der Waals surface area contributed by atoms with Gasteiger partial charge in [0.2, 0.25) is 0 Å². The number of methoxy groups -OCH3 is 1. The second kappa shape index (κ2) is 8.17. The number of hydrogen-bond donors (Lipinski definition) is 1. The average Bonchev–Trinajstić information content (AvgIpc) is 3.02. The van der Waals surface area contributed by atoms with Crippen LogP contribution in [0.2, 0.25) is 0 Å². The number of fused-ring (bicyclic) bond motifs is 1. The Labute approximate surface area is 163 Å². The molecule has 146 valence electrons. The Balaban J connectivity index is 1.89. The highest BCUT2D eigenvalue weighted by Gasteiger charge is 2.20. The minimum atomic E-state index is -0.714. The molecule has 0 spiro atoms. The van der Waals surface area contributed by atoms with Gasteiger partial charge in [0.25, 0.3) is 0 Å². The van der Waals surface area contributed by atoms with Crippen molar-refractivity contribution in [2.24, 2.45) is 0 Å². The van der Waals surface area contributed by atoms with Gasteiger partial charge in [-0.15, -0.1) is 0 Å². The number of ketones is 1. The molecule has 3 rings (SSSR count). The summed E-state index contributed by atoms with van der Waals surface area (Å²) < 4.78 is 15.8. The minimum absolute atomic E-state index is 0.0695. The highest BCUT2D eigenvalue weighted by Crippen LogP contribution is 2.29. The molecule has 0 saturated heterocycles. The molecular formula is C22H23NO5. The number of carbonyl (C=O) groups excluding carboxylic acids is 2. The van der Waals surface area contributed by atoms with Gasteiger partial charge in [0.05, 0.1) is 24.8 Å². The maximum Gasteiger partial charge on any atom is 0.347 e. The summed E-state index contributed by atoms with van der Waals surface area (Å²) in [5.41, 5.74) is 2.74. The summed E-state index contributed by atoms with van der Waals surface area (Å²) in [6.07, 6.45) is -0.714. The third kappa shape index (κ3) is 3.86. The molecule has 6 nitrogen and oxygen atoms in total. The summed E-state index contributed by atoms with van der Waals surface area (Å²) in [7, 11) is 1.59. The second-order valence-electron chi connectivity index (χ2n) is 6.40. The van der Waals surface area contributed by atoms with Crippen LogP contribution >= 0.6 is 0 Å². The van der Waals surface area contributed by atoms with Gasteiger partial charge in [0, 0.05) is 22.7 Å². The Morgan fingerprint density at radius 1 is 1.07 bits per heavy atom. The van der Waals surface area contributed by atoms with Gasteiger partial charge in [-0.25, -0.2) is 4.79 Å². The third-order valence-corrected chi connectivity index (χ3v) is 4.47. The fraction of sp³-hybridized carbons (Fsp3) is 0.273. The van der Waals surface area contributed by atoms with Gasteiger partial charge in [0.1, 0.15) is 11.5 Å². The van der Waals surface area contributed by atoms with E-state index in [1.165, 1.54) is 0 Å². The lowest BCUT2D eigenvalue weighted by molar-refractivity contribution is -0.150. The molecule has 0 bridgehead atoms. The molecule has 0 radical (unpaired) electrons. The van der Waals surface area contributed by atoms with Crippen LogP contribution in [0.5, 0.6) is 11.5 Å². The van der Waals surface area contributed by atoms with Crippen LogP contribution in [0.15, 0.2) is 42.5 Å². The molecule has 1 atom stereocenters. The summed E-state index contributed by atoms with van der Waals surface area (Å²) in [6.45, 7) is 5.55. The first-order valence-corrected chi connectivity index (χ1v) is 9.09. The third-order valence-electron chi connectivity index (χ3n) is 4.47. The number of carbonyl (C=O) groups is 2. The van der Waals surface area contributed by atoms with Crippen LogP contribution in [0.25, 0.3) is 10.9 Å². The van der Waals surface area contributed by atoms with Crippen LogP contribution in [0, 0.1) is 6.92 Å². The van der Waals surface area contributed by atoms with Gasteiger partial charge in [-0.05, 0) is 57.2 Å². The quantitative estimate of drug-likeness (QED) is 0.494. The summed E-state index contributed by atoms with van der Waals surface area (Å²) in [4.78, 5) is 28.0. The molecule has 1 unspecified atom stereocenters. The Morgan fingerprint density at radius 3 is 2.39 bits per heavy atom. The molecule has 0 saturated carbocycles. The van der Waals surface area contributed by atoms with Gasteiger partial charge >= 0.3 is 5.97 Å². The van der Waals surface area contributed by atoms with Crippen molar-refractivity contribution < 1.29 is 23.8 Å². The van der Waals surface area contributed by atoms with Gasteiger partial charge in [-0.3, -0.25) is 4.79 Å². The second-order valence-corrected chi connectivity index (χ2v) is 6.40. The van der Waals surface area contributed by atoms with Crippen molar-refractivity contribution in [1.82, 2.24) is 4.98 Å². The highest BCUT2D eigenvalue weighted by molar-refractivity contribution is 6.17. The first-order chi connectivity index (χ1) is 13.4. The van der Waals surface area contributed by atoms with Crippen molar-refractivity contribution >= 4 is 22.7 Å². The average molecular weight is 381 g/mol. The monoisotopic (exact) mass is 381 g/mol. The van der Waals surface area contributed by atoms with Crippen molar-refractivity contribution in [3.63, 3.8) is 0 Å². The first kappa shape index (κ1) is 19.5. The van der Waals surface area contributed by atoms with E-state index in [0.29, 0.717) is 29.2 Å². The lowest BCUT2D eigenvalue weighted by atomic mass is 10.0. The predicted molar refractivity (Wildman–Crippen MR) is 106 cm³/mol. The number of nitrogens with one attached hydrogen (secondary N) is 1. The van der Waals surface area contributed by atoms with Crippen molar-refractivity contribution in [1.29, 1.82) is 0 Å². The van der Waals surface area contributed by atoms with Crippen LogP contribution in [-0.4, -0.2) is 36.6 Å². The number of H-pyrrole nitrogens is 1. The molecule has 0 fully saturated rings. The summed E-state index contributed by atoms with van der Waals surface area (Å²) in [6, 6.07) is 12.4. The number of aryl methyl sites for hydroxylation is 1. The maximum absolute atomic E-state index is 13.0. The van der Waals surface area contributed by atoms with E-state index in [4.69, 9.17) is 14.2 Å². The highest BCUT2D eigenvalue weighted by atomic mass is 16.6. The van der Waals surface area contributed by atoms with Crippen molar-refractivity contribution in [3.05, 3.63) is 59.3 Å². The zero-order valence-corrected chi connectivity index (χ0v) is 16.4. The lowest BCUT2D eigenvalue weighted by Crippen LogP contribution is -2.26. The molecular weight excluding hydrogens is 358 g/mol. The Hall–Kier alpha value is -3.28. The standard InChI is InChI=1S/C22H23NO5/c1-5-27-22(25)14(3)28-17-10-11-18-19(12-17)23-13(2)20(18)21(24)15-6-8-16(26-4)9-7-15/h6-12,14,23H,5H2,1-4H3.